The number of esters is 1. The fourth-order valence-electron chi connectivity index (χ4n) is 2.96. The lowest BCUT2D eigenvalue weighted by molar-refractivity contribution is -0.115. The Labute approximate surface area is 202 Å². The van der Waals surface area contributed by atoms with Crippen LogP contribution in [0, 0.1) is 5.82 Å². The van der Waals surface area contributed by atoms with Crippen molar-refractivity contribution in [2.75, 3.05) is 29.1 Å². The van der Waals surface area contributed by atoms with Gasteiger partial charge in [0.05, 0.1) is 29.1 Å². The Morgan fingerprint density at radius 2 is 2.09 bits per heavy atom. The van der Waals surface area contributed by atoms with Crippen LogP contribution in [0.15, 0.2) is 33.6 Å². The molecule has 1 atom stereocenters. The highest BCUT2D eigenvalue weighted by Gasteiger charge is 2.32. The standard InChI is InChI=1S/C20H25FN5O5PS2/c1-20(2,3)31-19(28)17-18(33-11-24-17)26(32-4)34(29,30)12-5-6-14(13(21)9-12)25-16(27)10-15-22-7-8-23-15/h5-6,9,11,32H,7-8,10H2,1-4H3,(H,22,23)(H,25,27). The third-order valence-electron chi connectivity index (χ3n) is 4.35. The van der Waals surface area contributed by atoms with Crippen LogP contribution in [-0.2, 0) is 19.6 Å². The van der Waals surface area contributed by atoms with Crippen LogP contribution >= 0.6 is 20.1 Å². The first-order chi connectivity index (χ1) is 15.9. The molecule has 0 spiro atoms. The maximum Gasteiger partial charge on any atom is 0.360 e. The van der Waals surface area contributed by atoms with Crippen LogP contribution in [-0.4, -0.2) is 56.5 Å². The molecule has 10 nitrogen and oxygen atoms in total. The zero-order valence-electron chi connectivity index (χ0n) is 19.0. The summed E-state index contributed by atoms with van der Waals surface area (Å²) in [5.74, 6) is -1.63. The summed E-state index contributed by atoms with van der Waals surface area (Å²) in [5, 5.41) is 5.45. The number of halogens is 1. The summed E-state index contributed by atoms with van der Waals surface area (Å²) in [6.07, 6.45) is -0.0386. The SMILES string of the molecule is CPN(c1scnc1C(=O)OC(C)(C)C)S(=O)(=O)c1ccc(NC(=O)CC2=NCCN2)c(F)c1. The van der Waals surface area contributed by atoms with Gasteiger partial charge in [0, 0.05) is 6.54 Å². The predicted molar refractivity (Wildman–Crippen MR) is 131 cm³/mol. The molecule has 2 N–H and O–H groups in total. The first-order valence-corrected chi connectivity index (χ1v) is 13.9. The molecule has 0 saturated heterocycles. The van der Waals surface area contributed by atoms with E-state index in [9.17, 15) is 22.4 Å². The maximum absolute atomic E-state index is 14.7. The summed E-state index contributed by atoms with van der Waals surface area (Å²) in [7, 11) is -4.55. The number of rotatable bonds is 8. The number of amidine groups is 1. The Morgan fingerprint density at radius 1 is 1.35 bits per heavy atom. The second-order valence-electron chi connectivity index (χ2n) is 8.12. The van der Waals surface area contributed by atoms with Gasteiger partial charge in [-0.25, -0.2) is 26.7 Å². The van der Waals surface area contributed by atoms with E-state index in [-0.39, 0.29) is 36.4 Å². The highest BCUT2D eigenvalue weighted by atomic mass is 32.2. The fraction of sp³-hybridized carbons (Fsp3) is 0.400. The first-order valence-electron chi connectivity index (χ1n) is 10.2. The molecule has 0 saturated carbocycles. The normalized spacial score (nSPS) is 14.1. The summed E-state index contributed by atoms with van der Waals surface area (Å²) in [4.78, 5) is 32.4. The van der Waals surface area contributed by atoms with E-state index in [4.69, 9.17) is 4.74 Å². The van der Waals surface area contributed by atoms with Gasteiger partial charge >= 0.3 is 5.97 Å². The van der Waals surface area contributed by atoms with Gasteiger partial charge in [0.2, 0.25) is 5.91 Å². The Hall–Kier alpha value is -2.63. The van der Waals surface area contributed by atoms with E-state index >= 15 is 0 Å². The minimum absolute atomic E-state index is 0.0386. The van der Waals surface area contributed by atoms with E-state index in [1.165, 1.54) is 17.6 Å². The monoisotopic (exact) mass is 529 g/mol. The van der Waals surface area contributed by atoms with E-state index in [2.05, 4.69) is 20.6 Å². The summed E-state index contributed by atoms with van der Waals surface area (Å²) >= 11 is 0.963. The molecule has 0 bridgehead atoms. The van der Waals surface area contributed by atoms with Crippen molar-refractivity contribution in [2.24, 2.45) is 4.99 Å². The zero-order chi connectivity index (χ0) is 25.1. The maximum atomic E-state index is 14.7. The number of amides is 1. The van der Waals surface area contributed by atoms with Gasteiger partial charge in [-0.1, -0.05) is 0 Å². The van der Waals surface area contributed by atoms with Crippen molar-refractivity contribution in [3.63, 3.8) is 0 Å². The lowest BCUT2D eigenvalue weighted by Crippen LogP contribution is -2.27. The lowest BCUT2D eigenvalue weighted by atomic mass is 10.2. The number of sulfonamides is 1. The van der Waals surface area contributed by atoms with Crippen LogP contribution < -0.4 is 14.7 Å². The average molecular weight is 530 g/mol. The van der Waals surface area contributed by atoms with Crippen LogP contribution in [0.5, 0.6) is 0 Å². The quantitative estimate of drug-likeness (QED) is 0.397. The molecular formula is C20H25FN5O5PS2. The largest absolute Gasteiger partial charge is 0.455 e. The number of carbonyl (C=O) groups excluding carboxylic acids is 2. The van der Waals surface area contributed by atoms with Crippen LogP contribution in [0.4, 0.5) is 15.1 Å². The molecule has 0 fully saturated rings. The molecule has 1 aliphatic rings. The number of thiazole rings is 1. The molecule has 184 valence electrons. The Morgan fingerprint density at radius 3 is 2.68 bits per heavy atom. The van der Waals surface area contributed by atoms with Gasteiger partial charge in [-0.2, -0.15) is 0 Å². The first kappa shape index (κ1) is 26.0. The highest BCUT2D eigenvalue weighted by Crippen LogP contribution is 2.38. The van der Waals surface area contributed by atoms with E-state index in [1.54, 1.807) is 27.4 Å². The van der Waals surface area contributed by atoms with Gasteiger partial charge in [-0.3, -0.25) is 9.79 Å². The van der Waals surface area contributed by atoms with Crippen molar-refractivity contribution in [1.82, 2.24) is 10.3 Å². The average Bonchev–Trinajstić information content (AvgIpc) is 3.41. The molecule has 0 aliphatic carbocycles. The van der Waals surface area contributed by atoms with Crippen molar-refractivity contribution in [3.8, 4) is 0 Å². The zero-order valence-corrected chi connectivity index (χ0v) is 21.6. The molecule has 1 aromatic carbocycles. The number of aromatic nitrogens is 1. The summed E-state index contributed by atoms with van der Waals surface area (Å²) in [5.41, 5.74) is 0.269. The predicted octanol–water partition coefficient (Wildman–Crippen LogP) is 2.99. The molecule has 1 amide bonds. The van der Waals surface area contributed by atoms with Crippen molar-refractivity contribution < 1.29 is 27.1 Å². The molecule has 1 aromatic heterocycles. The Balaban J connectivity index is 1.83. The number of hydrogen-bond donors (Lipinski definition) is 2. The third kappa shape index (κ3) is 6.08. The summed E-state index contributed by atoms with van der Waals surface area (Å²) in [6.45, 7) is 7.90. The Kier molecular flexibility index (Phi) is 7.89. The van der Waals surface area contributed by atoms with Gasteiger partial charge < -0.3 is 15.4 Å². The van der Waals surface area contributed by atoms with Crippen molar-refractivity contribution in [2.45, 2.75) is 37.7 Å². The third-order valence-corrected chi connectivity index (χ3v) is 8.85. The number of aliphatic imine (C=N–C) groups is 1. The van der Waals surface area contributed by atoms with E-state index in [0.29, 0.717) is 18.9 Å². The van der Waals surface area contributed by atoms with Crippen LogP contribution in [0.3, 0.4) is 0 Å². The molecule has 14 heteroatoms. The molecule has 1 aliphatic heterocycles. The fourth-order valence-corrected chi connectivity index (χ4v) is 7.01. The van der Waals surface area contributed by atoms with E-state index in [1.807, 2.05) is 0 Å². The van der Waals surface area contributed by atoms with E-state index in [0.717, 1.165) is 21.5 Å². The van der Waals surface area contributed by atoms with Gasteiger partial charge in [0.1, 0.15) is 22.3 Å². The second kappa shape index (κ2) is 10.3. The van der Waals surface area contributed by atoms with Gasteiger partial charge in [0.25, 0.3) is 10.0 Å². The van der Waals surface area contributed by atoms with Crippen LogP contribution in [0.1, 0.15) is 37.7 Å². The second-order valence-corrected chi connectivity index (χ2v) is 12.0. The molecule has 3 rings (SSSR count). The minimum atomic E-state index is -4.23. The Bertz CT molecular complexity index is 1230. The lowest BCUT2D eigenvalue weighted by Gasteiger charge is -2.23. The molecule has 2 heterocycles. The number of nitrogens with zero attached hydrogens (tertiary/aromatic N) is 3. The molecule has 2 aromatic rings. The number of hydrogen-bond acceptors (Lipinski definition) is 9. The van der Waals surface area contributed by atoms with Crippen molar-refractivity contribution in [3.05, 3.63) is 35.2 Å². The summed E-state index contributed by atoms with van der Waals surface area (Å²) < 4.78 is 47.7. The minimum Gasteiger partial charge on any atom is -0.455 e. The number of carbonyl (C=O) groups is 2. The topological polar surface area (TPSA) is 130 Å². The van der Waals surface area contributed by atoms with Gasteiger partial charge in [-0.15, -0.1) is 11.3 Å². The highest BCUT2D eigenvalue weighted by molar-refractivity contribution is 7.98. The van der Waals surface area contributed by atoms with Gasteiger partial charge in [-0.05, 0) is 54.4 Å². The number of nitrogens with one attached hydrogen (secondary N) is 2. The molecule has 0 radical (unpaired) electrons. The van der Waals surface area contributed by atoms with Crippen molar-refractivity contribution >= 4 is 58.5 Å². The molecule has 1 unspecified atom stereocenters. The smallest absolute Gasteiger partial charge is 0.360 e. The number of benzene rings is 1. The van der Waals surface area contributed by atoms with Crippen LogP contribution in [0.2, 0.25) is 0 Å². The van der Waals surface area contributed by atoms with Crippen LogP contribution in [0.25, 0.3) is 0 Å². The van der Waals surface area contributed by atoms with E-state index < -0.39 is 33.3 Å². The molecule has 34 heavy (non-hydrogen) atoms. The van der Waals surface area contributed by atoms with Gasteiger partial charge in [0.15, 0.2) is 5.69 Å². The summed E-state index contributed by atoms with van der Waals surface area (Å²) in [6, 6.07) is 3.21. The molecular weight excluding hydrogens is 504 g/mol. The van der Waals surface area contributed by atoms with Crippen molar-refractivity contribution in [1.29, 1.82) is 0 Å². The number of ether oxygens (including phenoxy) is 1. The number of anilines is 2.